The molecule has 0 aliphatic heterocycles. The van der Waals surface area contributed by atoms with Crippen LogP contribution in [0.4, 0.5) is 17.3 Å². The van der Waals surface area contributed by atoms with Gasteiger partial charge in [-0.25, -0.2) is 4.98 Å². The lowest BCUT2D eigenvalue weighted by Crippen LogP contribution is -2.07. The van der Waals surface area contributed by atoms with Crippen LogP contribution < -0.4 is 16.8 Å². The molecule has 0 aliphatic carbocycles. The third-order valence-corrected chi connectivity index (χ3v) is 2.72. The molecule has 0 saturated carbocycles. The van der Waals surface area contributed by atoms with Gasteiger partial charge in [0.25, 0.3) is 0 Å². The Kier molecular flexibility index (Phi) is 2.64. The zero-order valence-corrected chi connectivity index (χ0v) is 10.1. The fourth-order valence-electron chi connectivity index (χ4n) is 1.82. The molecular weight excluding hydrogens is 242 g/mol. The molecule has 0 spiro atoms. The molecule has 0 aliphatic rings. The average molecular weight is 255 g/mol. The maximum Gasteiger partial charge on any atom is 0.182 e. The van der Waals surface area contributed by atoms with Crippen LogP contribution in [0.5, 0.6) is 0 Å². The van der Waals surface area contributed by atoms with Gasteiger partial charge in [0.15, 0.2) is 5.65 Å². The van der Waals surface area contributed by atoms with Crippen LogP contribution in [0.15, 0.2) is 36.8 Å². The molecule has 0 unspecified atom stereocenters. The molecule has 0 radical (unpaired) electrons. The summed E-state index contributed by atoms with van der Waals surface area (Å²) in [6.45, 7) is 0.617. The summed E-state index contributed by atoms with van der Waals surface area (Å²) in [5, 5.41) is 7.41. The third-order valence-electron chi connectivity index (χ3n) is 2.72. The third kappa shape index (κ3) is 2.13. The number of anilines is 3. The summed E-state index contributed by atoms with van der Waals surface area (Å²) in [4.78, 5) is 8.21. The van der Waals surface area contributed by atoms with E-state index in [2.05, 4.69) is 20.4 Å². The second-order valence-electron chi connectivity index (χ2n) is 4.12. The summed E-state index contributed by atoms with van der Waals surface area (Å²) >= 11 is 0. The van der Waals surface area contributed by atoms with Crippen molar-refractivity contribution in [3.05, 3.63) is 42.4 Å². The van der Waals surface area contributed by atoms with Crippen LogP contribution in [0.1, 0.15) is 5.56 Å². The SMILES string of the molecule is Nc1cc(NCc2cccnc2)n2ncc(N)c2n1. The number of aromatic nitrogens is 4. The van der Waals surface area contributed by atoms with Crippen molar-refractivity contribution >= 4 is 23.0 Å². The highest BCUT2D eigenvalue weighted by atomic mass is 15.3. The lowest BCUT2D eigenvalue weighted by molar-refractivity contribution is 0.926. The van der Waals surface area contributed by atoms with Gasteiger partial charge in [0.2, 0.25) is 0 Å². The number of nitrogens with two attached hydrogens (primary N) is 2. The van der Waals surface area contributed by atoms with E-state index < -0.39 is 0 Å². The first-order valence-electron chi connectivity index (χ1n) is 5.76. The number of nitrogens with one attached hydrogen (secondary N) is 1. The number of hydrogen-bond acceptors (Lipinski definition) is 6. The van der Waals surface area contributed by atoms with E-state index in [0.29, 0.717) is 23.7 Å². The molecule has 7 heteroatoms. The van der Waals surface area contributed by atoms with Gasteiger partial charge in [-0.15, -0.1) is 0 Å². The van der Waals surface area contributed by atoms with Crippen LogP contribution in [-0.4, -0.2) is 19.6 Å². The Morgan fingerprint density at radius 3 is 2.95 bits per heavy atom. The second kappa shape index (κ2) is 4.45. The molecule has 3 aromatic rings. The summed E-state index contributed by atoms with van der Waals surface area (Å²) in [5.74, 6) is 1.14. The van der Waals surface area contributed by atoms with Crippen molar-refractivity contribution < 1.29 is 0 Å². The van der Waals surface area contributed by atoms with Gasteiger partial charge in [-0.2, -0.15) is 9.61 Å². The molecule has 0 bridgehead atoms. The highest BCUT2D eigenvalue weighted by Gasteiger charge is 2.08. The monoisotopic (exact) mass is 255 g/mol. The van der Waals surface area contributed by atoms with Crippen LogP contribution >= 0.6 is 0 Å². The predicted molar refractivity (Wildman–Crippen MR) is 73.4 cm³/mol. The van der Waals surface area contributed by atoms with Crippen molar-refractivity contribution in [1.82, 2.24) is 19.6 Å². The summed E-state index contributed by atoms with van der Waals surface area (Å²) in [6, 6.07) is 5.59. The zero-order chi connectivity index (χ0) is 13.2. The summed E-state index contributed by atoms with van der Waals surface area (Å²) < 4.78 is 1.63. The van der Waals surface area contributed by atoms with Gasteiger partial charge in [0.05, 0.1) is 11.9 Å². The minimum atomic E-state index is 0.397. The molecule has 0 atom stereocenters. The van der Waals surface area contributed by atoms with Crippen molar-refractivity contribution in [2.45, 2.75) is 6.54 Å². The summed E-state index contributed by atoms with van der Waals surface area (Å²) in [7, 11) is 0. The first-order valence-corrected chi connectivity index (χ1v) is 5.76. The Labute approximate surface area is 109 Å². The zero-order valence-electron chi connectivity index (χ0n) is 10.1. The van der Waals surface area contributed by atoms with Crippen LogP contribution in [0, 0.1) is 0 Å². The molecule has 0 fully saturated rings. The van der Waals surface area contributed by atoms with Gasteiger partial charge in [-0.1, -0.05) is 6.07 Å². The van der Waals surface area contributed by atoms with Crippen molar-refractivity contribution in [2.75, 3.05) is 16.8 Å². The Morgan fingerprint density at radius 2 is 2.16 bits per heavy atom. The average Bonchev–Trinajstić information content (AvgIpc) is 2.79. The smallest absolute Gasteiger partial charge is 0.182 e. The predicted octanol–water partition coefficient (Wildman–Crippen LogP) is 0.901. The van der Waals surface area contributed by atoms with Crippen LogP contribution in [-0.2, 0) is 6.54 Å². The first-order chi connectivity index (χ1) is 9.24. The van der Waals surface area contributed by atoms with E-state index in [9.17, 15) is 0 Å². The topological polar surface area (TPSA) is 107 Å². The molecule has 3 rings (SSSR count). The molecule has 96 valence electrons. The molecule has 0 aromatic carbocycles. The van der Waals surface area contributed by atoms with E-state index in [-0.39, 0.29) is 0 Å². The number of nitrogen functional groups attached to an aromatic ring is 2. The normalized spacial score (nSPS) is 10.7. The lowest BCUT2D eigenvalue weighted by Gasteiger charge is -2.09. The van der Waals surface area contributed by atoms with Gasteiger partial charge in [0, 0.05) is 25.0 Å². The molecule has 0 amide bonds. The highest BCUT2D eigenvalue weighted by molar-refractivity contribution is 5.68. The lowest BCUT2D eigenvalue weighted by atomic mass is 10.3. The van der Waals surface area contributed by atoms with Gasteiger partial charge >= 0.3 is 0 Å². The van der Waals surface area contributed by atoms with Crippen molar-refractivity contribution in [3.8, 4) is 0 Å². The standard InChI is InChI=1S/C12H13N7/c13-9-7-17-19-11(4-10(14)18-12(9)19)16-6-8-2-1-3-15-5-8/h1-5,7,16H,6,13H2,(H2,14,18). The molecule has 7 nitrogen and oxygen atoms in total. The fraction of sp³-hybridized carbons (Fsp3) is 0.0833. The number of nitrogens with zero attached hydrogens (tertiary/aromatic N) is 4. The molecule has 19 heavy (non-hydrogen) atoms. The van der Waals surface area contributed by atoms with Crippen molar-refractivity contribution in [1.29, 1.82) is 0 Å². The summed E-state index contributed by atoms with van der Waals surface area (Å²) in [5.41, 5.74) is 13.7. The minimum absolute atomic E-state index is 0.397. The van der Waals surface area contributed by atoms with E-state index in [1.807, 2.05) is 12.1 Å². The van der Waals surface area contributed by atoms with E-state index >= 15 is 0 Å². The molecule has 0 saturated heterocycles. The maximum absolute atomic E-state index is 5.78. The van der Waals surface area contributed by atoms with Crippen LogP contribution in [0.3, 0.4) is 0 Å². The van der Waals surface area contributed by atoms with E-state index in [0.717, 1.165) is 11.4 Å². The van der Waals surface area contributed by atoms with Gasteiger partial charge in [-0.3, -0.25) is 4.98 Å². The Balaban J connectivity index is 1.92. The van der Waals surface area contributed by atoms with E-state index in [1.165, 1.54) is 0 Å². The van der Waals surface area contributed by atoms with Crippen LogP contribution in [0.2, 0.25) is 0 Å². The van der Waals surface area contributed by atoms with Gasteiger partial charge in [0.1, 0.15) is 11.6 Å². The quantitative estimate of drug-likeness (QED) is 0.642. The van der Waals surface area contributed by atoms with Gasteiger partial charge < -0.3 is 16.8 Å². The van der Waals surface area contributed by atoms with E-state index in [4.69, 9.17) is 11.5 Å². The largest absolute Gasteiger partial charge is 0.394 e. The first kappa shape index (κ1) is 11.3. The number of pyridine rings is 1. The van der Waals surface area contributed by atoms with Crippen molar-refractivity contribution in [3.63, 3.8) is 0 Å². The Morgan fingerprint density at radius 1 is 1.26 bits per heavy atom. The van der Waals surface area contributed by atoms with Crippen molar-refractivity contribution in [2.24, 2.45) is 0 Å². The Hall–Kier alpha value is -2.83. The molecule has 5 N–H and O–H groups in total. The fourth-order valence-corrected chi connectivity index (χ4v) is 1.82. The highest BCUT2D eigenvalue weighted by Crippen LogP contribution is 2.18. The number of rotatable bonds is 3. The number of fused-ring (bicyclic) bond motifs is 1. The Bertz CT molecular complexity index is 705. The summed E-state index contributed by atoms with van der Waals surface area (Å²) in [6.07, 6.45) is 5.09. The van der Waals surface area contributed by atoms with Gasteiger partial charge in [-0.05, 0) is 11.6 Å². The molecule has 3 aromatic heterocycles. The van der Waals surface area contributed by atoms with E-state index in [1.54, 1.807) is 29.2 Å². The molecular formula is C12H13N7. The number of hydrogen-bond donors (Lipinski definition) is 3. The maximum atomic E-state index is 5.78. The molecule has 3 heterocycles. The second-order valence-corrected chi connectivity index (χ2v) is 4.12. The minimum Gasteiger partial charge on any atom is -0.394 e. The van der Waals surface area contributed by atoms with Crippen LogP contribution in [0.25, 0.3) is 5.65 Å².